The highest BCUT2D eigenvalue weighted by Crippen LogP contribution is 2.38. The van der Waals surface area contributed by atoms with Crippen molar-refractivity contribution in [1.82, 2.24) is 15.2 Å². The van der Waals surface area contributed by atoms with Crippen molar-refractivity contribution in [3.8, 4) is 23.0 Å². The lowest BCUT2D eigenvalue weighted by molar-refractivity contribution is 0.181. The molecule has 1 aromatic heterocycles. The third-order valence-electron chi connectivity index (χ3n) is 8.07. The summed E-state index contributed by atoms with van der Waals surface area (Å²) in [5.74, 6) is 1.75. The predicted octanol–water partition coefficient (Wildman–Crippen LogP) is 7.13. The molecule has 2 N–H and O–H groups in total. The molecular formula is C32H41FN4O4. The molecule has 3 aromatic rings. The number of hydrogen-bond acceptors (Lipinski definition) is 6. The molecule has 2 fully saturated rings. The fourth-order valence-electron chi connectivity index (χ4n) is 5.78. The van der Waals surface area contributed by atoms with E-state index in [2.05, 4.69) is 20.5 Å². The van der Waals surface area contributed by atoms with Crippen molar-refractivity contribution in [3.63, 3.8) is 0 Å². The second kappa shape index (κ2) is 14.3. The van der Waals surface area contributed by atoms with Gasteiger partial charge in [0, 0.05) is 42.5 Å². The Morgan fingerprint density at radius 3 is 2.56 bits per heavy atom. The molecule has 1 saturated heterocycles. The van der Waals surface area contributed by atoms with Gasteiger partial charge >= 0.3 is 6.03 Å². The van der Waals surface area contributed by atoms with Gasteiger partial charge in [0.25, 0.3) is 0 Å². The second-order valence-corrected chi connectivity index (χ2v) is 11.0. The number of amides is 2. The summed E-state index contributed by atoms with van der Waals surface area (Å²) in [7, 11) is 1.59. The summed E-state index contributed by atoms with van der Waals surface area (Å²) in [4.78, 5) is 19.2. The standard InChI is InChI=1S/C32H41FN4O4/c1-39-30-21-25-27(22-31(30)40-19-18-37-16-6-3-7-17-37)34-15-13-28(25)41-29-11-10-24(20-26(29)33)36-32(38)35-14-12-23-8-4-2-5-9-23/h10-11,13,15,20-23H,2-9,12,14,16-19H2,1H3,(H2,35,36,38). The van der Waals surface area contributed by atoms with E-state index in [1.165, 1.54) is 63.5 Å². The molecule has 2 amide bonds. The quantitative estimate of drug-likeness (QED) is 0.258. The molecule has 8 nitrogen and oxygen atoms in total. The molecule has 1 aliphatic heterocycles. The summed E-state index contributed by atoms with van der Waals surface area (Å²) >= 11 is 0. The minimum Gasteiger partial charge on any atom is -0.493 e. The Bertz CT molecular complexity index is 1310. The number of fused-ring (bicyclic) bond motifs is 1. The maximum absolute atomic E-state index is 15.0. The largest absolute Gasteiger partial charge is 0.493 e. The van der Waals surface area contributed by atoms with Crippen LogP contribution in [0.1, 0.15) is 57.8 Å². The van der Waals surface area contributed by atoms with Crippen LogP contribution in [-0.2, 0) is 0 Å². The van der Waals surface area contributed by atoms with Gasteiger partial charge < -0.3 is 24.8 Å². The van der Waals surface area contributed by atoms with Gasteiger partial charge in [0.05, 0.1) is 12.6 Å². The number of nitrogens with one attached hydrogen (secondary N) is 2. The number of ether oxygens (including phenoxy) is 3. The Labute approximate surface area is 241 Å². The molecule has 0 atom stereocenters. The van der Waals surface area contributed by atoms with E-state index < -0.39 is 5.82 Å². The highest BCUT2D eigenvalue weighted by molar-refractivity contribution is 5.90. The average Bonchev–Trinajstić information content (AvgIpc) is 2.99. The van der Waals surface area contributed by atoms with Crippen LogP contribution in [0.3, 0.4) is 0 Å². The van der Waals surface area contributed by atoms with Crippen molar-refractivity contribution in [3.05, 3.63) is 48.4 Å². The van der Waals surface area contributed by atoms with Gasteiger partial charge in [-0.1, -0.05) is 38.5 Å². The van der Waals surface area contributed by atoms with E-state index in [1.54, 1.807) is 31.5 Å². The molecule has 2 aromatic carbocycles. The number of nitrogens with zero attached hydrogens (tertiary/aromatic N) is 2. The van der Waals surface area contributed by atoms with Crippen LogP contribution >= 0.6 is 0 Å². The topological polar surface area (TPSA) is 85.0 Å². The zero-order valence-corrected chi connectivity index (χ0v) is 23.9. The molecule has 220 valence electrons. The number of anilines is 1. The van der Waals surface area contributed by atoms with Gasteiger partial charge in [-0.15, -0.1) is 0 Å². The van der Waals surface area contributed by atoms with Crippen molar-refractivity contribution >= 4 is 22.6 Å². The summed E-state index contributed by atoms with van der Waals surface area (Å²) in [5.41, 5.74) is 1.01. The number of carbonyl (C=O) groups is 1. The van der Waals surface area contributed by atoms with Crippen LogP contribution < -0.4 is 24.8 Å². The number of aromatic nitrogens is 1. The van der Waals surface area contributed by atoms with Crippen molar-refractivity contribution in [2.75, 3.05) is 45.2 Å². The van der Waals surface area contributed by atoms with E-state index in [4.69, 9.17) is 14.2 Å². The number of pyridine rings is 1. The van der Waals surface area contributed by atoms with Crippen LogP contribution in [0.5, 0.6) is 23.0 Å². The number of halogens is 1. The van der Waals surface area contributed by atoms with E-state index in [0.717, 1.165) is 26.1 Å². The van der Waals surface area contributed by atoms with E-state index in [1.807, 2.05) is 6.07 Å². The van der Waals surface area contributed by atoms with E-state index >= 15 is 4.39 Å². The highest BCUT2D eigenvalue weighted by Gasteiger charge is 2.16. The zero-order valence-electron chi connectivity index (χ0n) is 23.9. The van der Waals surface area contributed by atoms with Crippen LogP contribution in [0, 0.1) is 11.7 Å². The molecule has 0 bridgehead atoms. The van der Waals surface area contributed by atoms with E-state index in [0.29, 0.717) is 52.9 Å². The molecule has 9 heteroatoms. The van der Waals surface area contributed by atoms with Crippen LogP contribution in [0.4, 0.5) is 14.9 Å². The van der Waals surface area contributed by atoms with Crippen LogP contribution in [0.25, 0.3) is 10.9 Å². The van der Waals surface area contributed by atoms with E-state index in [9.17, 15) is 4.79 Å². The van der Waals surface area contributed by atoms with Gasteiger partial charge in [-0.25, -0.2) is 9.18 Å². The third kappa shape index (κ3) is 8.00. The van der Waals surface area contributed by atoms with Crippen molar-refractivity contribution in [2.24, 2.45) is 5.92 Å². The monoisotopic (exact) mass is 564 g/mol. The summed E-state index contributed by atoms with van der Waals surface area (Å²) in [6.07, 6.45) is 12.7. The molecule has 0 unspecified atom stereocenters. The summed E-state index contributed by atoms with van der Waals surface area (Å²) in [5, 5.41) is 6.27. The maximum Gasteiger partial charge on any atom is 0.319 e. The lowest BCUT2D eigenvalue weighted by Crippen LogP contribution is -2.33. The lowest BCUT2D eigenvalue weighted by Gasteiger charge is -2.26. The number of urea groups is 1. The van der Waals surface area contributed by atoms with Crippen molar-refractivity contribution < 1.29 is 23.4 Å². The molecule has 2 aliphatic rings. The molecule has 0 radical (unpaired) electrons. The number of benzene rings is 2. The first-order valence-corrected chi connectivity index (χ1v) is 14.9. The first kappa shape index (κ1) is 28.9. The summed E-state index contributed by atoms with van der Waals surface area (Å²) in [6.45, 7) is 4.26. The van der Waals surface area contributed by atoms with Gasteiger partial charge in [0.2, 0.25) is 0 Å². The summed E-state index contributed by atoms with van der Waals surface area (Å²) < 4.78 is 32.7. The first-order valence-electron chi connectivity index (χ1n) is 14.9. The van der Waals surface area contributed by atoms with Gasteiger partial charge in [0.1, 0.15) is 12.4 Å². The smallest absolute Gasteiger partial charge is 0.319 e. The number of piperidine rings is 1. The van der Waals surface area contributed by atoms with Crippen molar-refractivity contribution in [2.45, 2.75) is 57.8 Å². The molecule has 5 rings (SSSR count). The minimum absolute atomic E-state index is 0.0431. The van der Waals surface area contributed by atoms with Gasteiger partial charge in [0.15, 0.2) is 23.1 Å². The lowest BCUT2D eigenvalue weighted by atomic mass is 9.87. The highest BCUT2D eigenvalue weighted by atomic mass is 19.1. The Balaban J connectivity index is 1.20. The Morgan fingerprint density at radius 2 is 1.78 bits per heavy atom. The average molecular weight is 565 g/mol. The Morgan fingerprint density at radius 1 is 0.976 bits per heavy atom. The van der Waals surface area contributed by atoms with Crippen molar-refractivity contribution in [1.29, 1.82) is 0 Å². The molecule has 1 saturated carbocycles. The number of methoxy groups -OCH3 is 1. The van der Waals surface area contributed by atoms with Crippen LogP contribution in [-0.4, -0.2) is 55.8 Å². The first-order chi connectivity index (χ1) is 20.1. The van der Waals surface area contributed by atoms with Gasteiger partial charge in [-0.2, -0.15) is 0 Å². The fraction of sp³-hybridized carbons (Fsp3) is 0.500. The number of likely N-dealkylation sites (tertiary alicyclic amines) is 1. The molecular weight excluding hydrogens is 523 g/mol. The zero-order chi connectivity index (χ0) is 28.4. The van der Waals surface area contributed by atoms with Gasteiger partial charge in [-0.05, 0) is 62.5 Å². The Kier molecular flexibility index (Phi) is 10.1. The SMILES string of the molecule is COc1cc2c(Oc3ccc(NC(=O)NCCC4CCCCC4)cc3F)ccnc2cc1OCCN1CCCCC1. The number of hydrogen-bond donors (Lipinski definition) is 2. The minimum atomic E-state index is -0.584. The second-order valence-electron chi connectivity index (χ2n) is 11.0. The number of carbonyl (C=O) groups excluding carboxylic acids is 1. The van der Waals surface area contributed by atoms with Crippen LogP contribution in [0.15, 0.2) is 42.6 Å². The molecule has 41 heavy (non-hydrogen) atoms. The fourth-order valence-corrected chi connectivity index (χ4v) is 5.78. The molecule has 2 heterocycles. The van der Waals surface area contributed by atoms with Gasteiger partial charge in [-0.3, -0.25) is 9.88 Å². The Hall–Kier alpha value is -3.59. The molecule has 0 spiro atoms. The maximum atomic E-state index is 15.0. The number of rotatable bonds is 11. The predicted molar refractivity (Wildman–Crippen MR) is 159 cm³/mol. The van der Waals surface area contributed by atoms with E-state index in [-0.39, 0.29) is 11.8 Å². The third-order valence-corrected chi connectivity index (χ3v) is 8.07. The molecule has 1 aliphatic carbocycles. The van der Waals surface area contributed by atoms with Crippen LogP contribution in [0.2, 0.25) is 0 Å². The normalized spacial score (nSPS) is 16.3. The summed E-state index contributed by atoms with van der Waals surface area (Å²) in [6, 6.07) is 9.37.